The fourth-order valence-electron chi connectivity index (χ4n) is 4.61. The lowest BCUT2D eigenvalue weighted by Gasteiger charge is -2.37. The Morgan fingerprint density at radius 3 is 2.73 bits per heavy atom. The van der Waals surface area contributed by atoms with Gasteiger partial charge in [0.2, 0.25) is 18.1 Å². The van der Waals surface area contributed by atoms with E-state index in [1.54, 1.807) is 12.4 Å². The van der Waals surface area contributed by atoms with E-state index in [2.05, 4.69) is 42.3 Å². The highest BCUT2D eigenvalue weighted by Gasteiger charge is 2.29. The standard InChI is InChI=1S/C26H30N10O/c1-3-28-25(31-17-27)32-20-7-5-19(6-8-20)23-33-22-15-35(26-29-10-4-11-30-26)12-9-21(22)24(34-23)36-13-14-37-16-18(36)2/h4-8,10-11,18H,3,9,12-16H2,1-2H3,(H2,28,31,32)/t18-/m0/s1. The van der Waals surface area contributed by atoms with Crippen molar-refractivity contribution >= 4 is 23.4 Å². The molecule has 0 spiro atoms. The second-order valence-electron chi connectivity index (χ2n) is 8.93. The van der Waals surface area contributed by atoms with Crippen LogP contribution >= 0.6 is 0 Å². The van der Waals surface area contributed by atoms with Crippen LogP contribution < -0.4 is 20.4 Å². The third-order valence-corrected chi connectivity index (χ3v) is 6.43. The molecule has 0 saturated carbocycles. The molecule has 0 amide bonds. The third kappa shape index (κ3) is 5.44. The molecule has 0 bridgehead atoms. The van der Waals surface area contributed by atoms with Gasteiger partial charge < -0.3 is 25.2 Å². The van der Waals surface area contributed by atoms with Crippen LogP contribution in [0.2, 0.25) is 0 Å². The molecule has 3 aromatic rings. The summed E-state index contributed by atoms with van der Waals surface area (Å²) >= 11 is 0. The van der Waals surface area contributed by atoms with Crippen molar-refractivity contribution in [3.05, 3.63) is 54.0 Å². The van der Waals surface area contributed by atoms with E-state index in [4.69, 9.17) is 20.0 Å². The Morgan fingerprint density at radius 1 is 1.19 bits per heavy atom. The Balaban J connectivity index is 1.49. The second-order valence-corrected chi connectivity index (χ2v) is 8.93. The average Bonchev–Trinajstić information content (AvgIpc) is 2.94. The molecule has 1 fully saturated rings. The molecule has 1 aromatic carbocycles. The van der Waals surface area contributed by atoms with Gasteiger partial charge in [0.1, 0.15) is 5.82 Å². The predicted octanol–water partition coefficient (Wildman–Crippen LogP) is 2.58. The topological polar surface area (TPSA) is 127 Å². The zero-order valence-corrected chi connectivity index (χ0v) is 21.1. The van der Waals surface area contributed by atoms with Crippen LogP contribution in [0, 0.1) is 11.5 Å². The third-order valence-electron chi connectivity index (χ3n) is 6.43. The van der Waals surface area contributed by atoms with Crippen LogP contribution in [0.1, 0.15) is 25.1 Å². The summed E-state index contributed by atoms with van der Waals surface area (Å²) < 4.78 is 5.70. The summed E-state index contributed by atoms with van der Waals surface area (Å²) in [7, 11) is 0. The van der Waals surface area contributed by atoms with Gasteiger partial charge in [-0.3, -0.25) is 0 Å². The minimum absolute atomic E-state index is 0.228. The molecule has 0 unspecified atom stereocenters. The van der Waals surface area contributed by atoms with Crippen molar-refractivity contribution in [1.29, 1.82) is 5.26 Å². The summed E-state index contributed by atoms with van der Waals surface area (Å²) in [6, 6.07) is 9.88. The monoisotopic (exact) mass is 498 g/mol. The number of anilines is 3. The molecule has 190 valence electrons. The molecule has 2 aliphatic rings. The molecule has 0 radical (unpaired) electrons. The minimum Gasteiger partial charge on any atom is -0.377 e. The zero-order chi connectivity index (χ0) is 25.6. The number of nitriles is 1. The Bertz CT molecular complexity index is 1290. The molecule has 0 aliphatic carbocycles. The molecular weight excluding hydrogens is 468 g/mol. The van der Waals surface area contributed by atoms with Crippen molar-refractivity contribution in [3.8, 4) is 17.6 Å². The van der Waals surface area contributed by atoms with E-state index < -0.39 is 0 Å². The fraction of sp³-hybridized carbons (Fsp3) is 0.385. The summed E-state index contributed by atoms with van der Waals surface area (Å²) in [5, 5.41) is 15.1. The van der Waals surface area contributed by atoms with Crippen LogP contribution in [0.25, 0.3) is 11.4 Å². The highest BCUT2D eigenvalue weighted by atomic mass is 16.5. The van der Waals surface area contributed by atoms with Crippen molar-refractivity contribution in [2.45, 2.75) is 32.9 Å². The molecule has 5 rings (SSSR count). The number of nitrogens with one attached hydrogen (secondary N) is 2. The number of aromatic nitrogens is 4. The lowest BCUT2D eigenvalue weighted by Crippen LogP contribution is -2.45. The normalized spacial score (nSPS) is 17.6. The number of fused-ring (bicyclic) bond motifs is 1. The van der Waals surface area contributed by atoms with Crippen LogP contribution in [0.5, 0.6) is 0 Å². The van der Waals surface area contributed by atoms with E-state index in [1.807, 2.05) is 43.4 Å². The first-order chi connectivity index (χ1) is 18.2. The predicted molar refractivity (Wildman–Crippen MR) is 142 cm³/mol. The van der Waals surface area contributed by atoms with Gasteiger partial charge in [-0.15, -0.1) is 4.99 Å². The van der Waals surface area contributed by atoms with Gasteiger partial charge in [0.25, 0.3) is 0 Å². The van der Waals surface area contributed by atoms with E-state index in [0.717, 1.165) is 42.3 Å². The molecule has 2 aromatic heterocycles. The van der Waals surface area contributed by atoms with Crippen LogP contribution in [-0.2, 0) is 17.7 Å². The van der Waals surface area contributed by atoms with Gasteiger partial charge >= 0.3 is 0 Å². The smallest absolute Gasteiger partial charge is 0.225 e. The van der Waals surface area contributed by atoms with Crippen molar-refractivity contribution in [3.63, 3.8) is 0 Å². The number of morpholine rings is 1. The van der Waals surface area contributed by atoms with Crippen molar-refractivity contribution in [2.75, 3.05) is 48.0 Å². The van der Waals surface area contributed by atoms with Crippen LogP contribution in [0.3, 0.4) is 0 Å². The molecular formula is C26H30N10O. The lowest BCUT2D eigenvalue weighted by atomic mass is 10.0. The maximum Gasteiger partial charge on any atom is 0.225 e. The van der Waals surface area contributed by atoms with Crippen LogP contribution in [-0.4, -0.2) is 64.8 Å². The Labute approximate surface area is 216 Å². The van der Waals surface area contributed by atoms with Gasteiger partial charge in [0.05, 0.1) is 31.5 Å². The Kier molecular flexibility index (Phi) is 7.37. The fourth-order valence-corrected chi connectivity index (χ4v) is 4.61. The summed E-state index contributed by atoms with van der Waals surface area (Å²) in [6.07, 6.45) is 6.17. The van der Waals surface area contributed by atoms with Gasteiger partial charge in [-0.05, 0) is 50.6 Å². The number of rotatable bonds is 5. The molecule has 1 atom stereocenters. The zero-order valence-electron chi connectivity index (χ0n) is 21.1. The largest absolute Gasteiger partial charge is 0.377 e. The summed E-state index contributed by atoms with van der Waals surface area (Å²) in [5.74, 6) is 2.78. The first-order valence-corrected chi connectivity index (χ1v) is 12.5. The highest BCUT2D eigenvalue weighted by molar-refractivity contribution is 5.94. The van der Waals surface area contributed by atoms with Crippen LogP contribution in [0.15, 0.2) is 47.7 Å². The van der Waals surface area contributed by atoms with Crippen molar-refractivity contribution < 1.29 is 4.74 Å². The maximum absolute atomic E-state index is 8.92. The Morgan fingerprint density at radius 2 is 2.00 bits per heavy atom. The quantitative estimate of drug-likeness (QED) is 0.308. The summed E-state index contributed by atoms with van der Waals surface area (Å²) in [4.78, 5) is 27.3. The molecule has 11 heteroatoms. The number of guanidine groups is 1. The number of hydrogen-bond acceptors (Lipinski definition) is 9. The van der Waals surface area contributed by atoms with Gasteiger partial charge in [0, 0.05) is 48.8 Å². The van der Waals surface area contributed by atoms with Crippen molar-refractivity contribution in [2.24, 2.45) is 4.99 Å². The van der Waals surface area contributed by atoms with Gasteiger partial charge in [-0.2, -0.15) is 5.26 Å². The van der Waals surface area contributed by atoms with Gasteiger partial charge in [0.15, 0.2) is 5.82 Å². The van der Waals surface area contributed by atoms with E-state index in [1.165, 1.54) is 5.56 Å². The maximum atomic E-state index is 8.92. The number of ether oxygens (including phenoxy) is 1. The molecule has 11 nitrogen and oxygen atoms in total. The molecule has 4 heterocycles. The average molecular weight is 499 g/mol. The Hall–Kier alpha value is -4.30. The first kappa shape index (κ1) is 24.4. The molecule has 2 aliphatic heterocycles. The minimum atomic E-state index is 0.228. The van der Waals surface area contributed by atoms with E-state index >= 15 is 0 Å². The second kappa shape index (κ2) is 11.2. The van der Waals surface area contributed by atoms with Gasteiger partial charge in [-0.1, -0.05) is 0 Å². The first-order valence-electron chi connectivity index (χ1n) is 12.5. The van der Waals surface area contributed by atoms with Crippen LogP contribution in [0.4, 0.5) is 17.5 Å². The van der Waals surface area contributed by atoms with E-state index in [9.17, 15) is 0 Å². The number of aliphatic imine (C=N–C) groups is 1. The number of benzene rings is 1. The highest BCUT2D eigenvalue weighted by Crippen LogP contribution is 2.32. The van der Waals surface area contributed by atoms with Crippen molar-refractivity contribution in [1.82, 2.24) is 25.3 Å². The lowest BCUT2D eigenvalue weighted by molar-refractivity contribution is 0.0984. The number of nitrogens with zero attached hydrogens (tertiary/aromatic N) is 8. The SMILES string of the molecule is CCN/C(=N\C#N)Nc1ccc(-c2nc3c(c(N4CCOC[C@@H]4C)n2)CCN(c2ncccn2)C3)cc1. The van der Waals surface area contributed by atoms with E-state index in [-0.39, 0.29) is 6.04 Å². The van der Waals surface area contributed by atoms with Gasteiger partial charge in [-0.25, -0.2) is 19.9 Å². The molecule has 2 N–H and O–H groups in total. The summed E-state index contributed by atoms with van der Waals surface area (Å²) in [6.45, 7) is 8.36. The van der Waals surface area contributed by atoms with E-state index in [0.29, 0.717) is 44.0 Å². The molecule has 1 saturated heterocycles. The molecule has 37 heavy (non-hydrogen) atoms. The number of hydrogen-bond donors (Lipinski definition) is 2. The summed E-state index contributed by atoms with van der Waals surface area (Å²) in [5.41, 5.74) is 3.90.